The first-order valence-corrected chi connectivity index (χ1v) is 8.91. The van der Waals surface area contributed by atoms with Crippen LogP contribution in [-0.2, 0) is 0 Å². The molecule has 2 aliphatic rings. The largest absolute Gasteiger partial charge is 0.307 e. The average Bonchev–Trinajstić information content (AvgIpc) is 2.84. The van der Waals surface area contributed by atoms with E-state index in [1.54, 1.807) is 0 Å². The molecule has 3 rings (SSSR count). The molecule has 1 fully saturated rings. The topological polar surface area (TPSA) is 24.4 Å². The van der Waals surface area contributed by atoms with Crippen molar-refractivity contribution < 1.29 is 0 Å². The van der Waals surface area contributed by atoms with E-state index in [-0.39, 0.29) is 0 Å². The van der Waals surface area contributed by atoms with Crippen molar-refractivity contribution in [3.8, 4) is 0 Å². The zero-order valence-corrected chi connectivity index (χ0v) is 14.7. The lowest BCUT2D eigenvalue weighted by molar-refractivity contribution is 0.381. The molecule has 0 heterocycles. The molecule has 122 valence electrons. The molecule has 0 unspecified atom stereocenters. The van der Waals surface area contributed by atoms with Crippen LogP contribution in [0.25, 0.3) is 5.57 Å². The van der Waals surface area contributed by atoms with Crippen molar-refractivity contribution in [1.82, 2.24) is 5.43 Å². The van der Waals surface area contributed by atoms with E-state index in [1.165, 1.54) is 65.5 Å². The second-order valence-electron chi connectivity index (χ2n) is 7.00. The minimum Gasteiger partial charge on any atom is -0.307 e. The minimum absolute atomic E-state index is 0.561. The number of allylic oxidation sites excluding steroid dienone is 4. The molecule has 1 N–H and O–H groups in total. The van der Waals surface area contributed by atoms with Gasteiger partial charge in [0, 0.05) is 11.6 Å². The predicted octanol–water partition coefficient (Wildman–Crippen LogP) is 5.46. The molecule has 0 spiro atoms. The highest BCUT2D eigenvalue weighted by molar-refractivity contribution is 5.91. The summed E-state index contributed by atoms with van der Waals surface area (Å²) in [5.41, 5.74) is 11.7. The van der Waals surface area contributed by atoms with Crippen LogP contribution in [0.3, 0.4) is 0 Å². The molecule has 2 nitrogen and oxygen atoms in total. The Kier molecular flexibility index (Phi) is 5.00. The third-order valence-corrected chi connectivity index (χ3v) is 5.45. The van der Waals surface area contributed by atoms with Gasteiger partial charge in [-0.15, -0.1) is 0 Å². The molecule has 2 heteroatoms. The molecule has 0 aliphatic heterocycles. The fourth-order valence-corrected chi connectivity index (χ4v) is 3.70. The third-order valence-electron chi connectivity index (χ3n) is 5.45. The summed E-state index contributed by atoms with van der Waals surface area (Å²) in [5.74, 6) is 0. The molecular formula is C21H28N2. The lowest BCUT2D eigenvalue weighted by Crippen LogP contribution is -2.26. The summed E-state index contributed by atoms with van der Waals surface area (Å²) in [6, 6.07) is 9.19. The van der Waals surface area contributed by atoms with Gasteiger partial charge in [0.15, 0.2) is 0 Å². The van der Waals surface area contributed by atoms with E-state index < -0.39 is 0 Å². The minimum atomic E-state index is 0.561. The summed E-state index contributed by atoms with van der Waals surface area (Å²) < 4.78 is 0. The van der Waals surface area contributed by atoms with Gasteiger partial charge in [-0.25, -0.2) is 0 Å². The first-order chi connectivity index (χ1) is 11.2. The Morgan fingerprint density at radius 2 is 1.74 bits per heavy atom. The van der Waals surface area contributed by atoms with E-state index in [1.807, 2.05) is 6.21 Å². The fraction of sp³-hybridized carbons (Fsp3) is 0.476. The van der Waals surface area contributed by atoms with Crippen LogP contribution in [0.1, 0.15) is 70.4 Å². The first kappa shape index (κ1) is 16.0. The van der Waals surface area contributed by atoms with Crippen molar-refractivity contribution in [2.45, 2.75) is 65.3 Å². The van der Waals surface area contributed by atoms with E-state index in [9.17, 15) is 0 Å². The highest BCUT2D eigenvalue weighted by Crippen LogP contribution is 2.38. The summed E-state index contributed by atoms with van der Waals surface area (Å²) in [6.45, 7) is 6.72. The quantitative estimate of drug-likeness (QED) is 0.580. The third kappa shape index (κ3) is 3.57. The number of hydrogen-bond acceptors (Lipinski definition) is 2. The Balaban J connectivity index is 1.76. The van der Waals surface area contributed by atoms with Crippen molar-refractivity contribution >= 4 is 11.8 Å². The van der Waals surface area contributed by atoms with Gasteiger partial charge in [0.1, 0.15) is 0 Å². The van der Waals surface area contributed by atoms with Crippen molar-refractivity contribution in [1.29, 1.82) is 0 Å². The second-order valence-corrected chi connectivity index (χ2v) is 7.00. The highest BCUT2D eigenvalue weighted by Gasteiger charge is 2.18. The Bertz CT molecular complexity index is 658. The van der Waals surface area contributed by atoms with Crippen molar-refractivity contribution in [3.05, 3.63) is 52.1 Å². The zero-order valence-electron chi connectivity index (χ0n) is 14.7. The number of rotatable bonds is 4. The number of nitrogens with one attached hydrogen (secondary N) is 1. The van der Waals surface area contributed by atoms with E-state index in [0.717, 1.165) is 6.42 Å². The molecule has 0 atom stereocenters. The van der Waals surface area contributed by atoms with E-state index in [0.29, 0.717) is 6.04 Å². The van der Waals surface area contributed by atoms with E-state index in [2.05, 4.69) is 55.6 Å². The van der Waals surface area contributed by atoms with Crippen molar-refractivity contribution in [3.63, 3.8) is 0 Å². The van der Waals surface area contributed by atoms with Crippen LogP contribution in [0.4, 0.5) is 0 Å². The van der Waals surface area contributed by atoms with E-state index in [4.69, 9.17) is 0 Å². The van der Waals surface area contributed by atoms with Gasteiger partial charge in [-0.2, -0.15) is 5.10 Å². The molecule has 1 saturated carbocycles. The molecule has 0 saturated heterocycles. The maximum absolute atomic E-state index is 4.55. The summed E-state index contributed by atoms with van der Waals surface area (Å²) in [7, 11) is 0. The maximum Gasteiger partial charge on any atom is 0.0546 e. The molecular weight excluding hydrogens is 280 g/mol. The van der Waals surface area contributed by atoms with Gasteiger partial charge in [0.25, 0.3) is 0 Å². The monoisotopic (exact) mass is 308 g/mol. The molecule has 0 radical (unpaired) electrons. The van der Waals surface area contributed by atoms with Crippen LogP contribution in [0.15, 0.2) is 46.1 Å². The average molecular weight is 308 g/mol. The molecule has 0 amide bonds. The van der Waals surface area contributed by atoms with Crippen LogP contribution in [0.5, 0.6) is 0 Å². The highest BCUT2D eigenvalue weighted by atomic mass is 15.3. The Morgan fingerprint density at radius 1 is 1.00 bits per heavy atom. The van der Waals surface area contributed by atoms with Crippen LogP contribution in [0.2, 0.25) is 0 Å². The van der Waals surface area contributed by atoms with Crippen LogP contribution < -0.4 is 5.43 Å². The van der Waals surface area contributed by atoms with Gasteiger partial charge in [-0.1, -0.05) is 49.1 Å². The Labute approximate surface area is 140 Å². The number of benzene rings is 1. The van der Waals surface area contributed by atoms with Gasteiger partial charge in [0.2, 0.25) is 0 Å². The van der Waals surface area contributed by atoms with Crippen molar-refractivity contribution in [2.24, 2.45) is 5.10 Å². The van der Waals surface area contributed by atoms with Gasteiger partial charge in [-0.05, 0) is 62.3 Å². The number of hydrazone groups is 1. The fourth-order valence-electron chi connectivity index (χ4n) is 3.70. The standard InChI is InChI=1S/C21H28N2/c1-15-13-21(17(3)16(15)2)20-12-8-7-9-18(20)14-22-23-19-10-5-4-6-11-19/h7-9,12,14,19,23H,4-6,10-11,13H2,1-3H3/b22-14+. The summed E-state index contributed by atoms with van der Waals surface area (Å²) in [4.78, 5) is 0. The molecule has 23 heavy (non-hydrogen) atoms. The zero-order chi connectivity index (χ0) is 16.2. The molecule has 1 aromatic rings. The first-order valence-electron chi connectivity index (χ1n) is 8.91. The smallest absolute Gasteiger partial charge is 0.0546 e. The van der Waals surface area contributed by atoms with Gasteiger partial charge in [-0.3, -0.25) is 0 Å². The van der Waals surface area contributed by atoms with Gasteiger partial charge in [0.05, 0.1) is 6.21 Å². The molecule has 2 aliphatic carbocycles. The Morgan fingerprint density at radius 3 is 2.43 bits per heavy atom. The number of hydrogen-bond donors (Lipinski definition) is 1. The van der Waals surface area contributed by atoms with Crippen molar-refractivity contribution in [2.75, 3.05) is 0 Å². The second kappa shape index (κ2) is 7.16. The van der Waals surface area contributed by atoms with Crippen LogP contribution >= 0.6 is 0 Å². The van der Waals surface area contributed by atoms with Crippen LogP contribution in [0, 0.1) is 0 Å². The lowest BCUT2D eigenvalue weighted by Gasteiger charge is -2.20. The lowest BCUT2D eigenvalue weighted by atomic mass is 9.96. The molecule has 1 aromatic carbocycles. The summed E-state index contributed by atoms with van der Waals surface area (Å²) in [6.07, 6.45) is 9.63. The van der Waals surface area contributed by atoms with Gasteiger partial charge >= 0.3 is 0 Å². The molecule has 0 bridgehead atoms. The summed E-state index contributed by atoms with van der Waals surface area (Å²) >= 11 is 0. The molecule has 0 aromatic heterocycles. The normalized spacial score (nSPS) is 20.0. The predicted molar refractivity (Wildman–Crippen MR) is 99.6 cm³/mol. The van der Waals surface area contributed by atoms with Crippen LogP contribution in [-0.4, -0.2) is 12.3 Å². The Hall–Kier alpha value is -1.83. The maximum atomic E-state index is 4.55. The SMILES string of the molecule is CC1=C(C)C(C)=C(c2ccccc2/C=N/NC2CCCCC2)C1. The number of nitrogens with zero attached hydrogens (tertiary/aromatic N) is 1. The van der Waals surface area contributed by atoms with Gasteiger partial charge < -0.3 is 5.43 Å². The van der Waals surface area contributed by atoms with E-state index >= 15 is 0 Å². The summed E-state index contributed by atoms with van der Waals surface area (Å²) in [5, 5.41) is 4.55.